The van der Waals surface area contributed by atoms with E-state index in [4.69, 9.17) is 0 Å². The van der Waals surface area contributed by atoms with Crippen molar-refractivity contribution in [2.45, 2.75) is 13.3 Å². The Kier molecular flexibility index (Phi) is 4.46. The molecule has 108 valence electrons. The first kappa shape index (κ1) is 14.6. The van der Waals surface area contributed by atoms with Crippen molar-refractivity contribution in [1.29, 1.82) is 0 Å². The van der Waals surface area contributed by atoms with Crippen LogP contribution in [0.3, 0.4) is 0 Å². The third kappa shape index (κ3) is 3.02. The van der Waals surface area contributed by atoms with Gasteiger partial charge in [0.25, 0.3) is 0 Å². The Balaban J connectivity index is 2.28. The van der Waals surface area contributed by atoms with E-state index in [1.165, 1.54) is 0 Å². The number of carbonyl (C=O) groups is 1. The van der Waals surface area contributed by atoms with Crippen LogP contribution in [0.25, 0.3) is 10.3 Å². The Labute approximate surface area is 120 Å². The summed E-state index contributed by atoms with van der Waals surface area (Å²) >= 11 is 1.10. The van der Waals surface area contributed by atoms with Crippen LogP contribution in [-0.2, 0) is 0 Å². The lowest BCUT2D eigenvalue weighted by Gasteiger charge is -2.13. The molecule has 2 aromatic heterocycles. The molecule has 0 spiro atoms. The summed E-state index contributed by atoms with van der Waals surface area (Å²) in [5.74, 6) is -1.03. The second-order valence-corrected chi connectivity index (χ2v) is 5.51. The van der Waals surface area contributed by atoms with Crippen LogP contribution in [0.15, 0.2) is 0 Å². The van der Waals surface area contributed by atoms with Gasteiger partial charge in [-0.15, -0.1) is 5.10 Å². The number of nitrogens with zero attached hydrogens (tertiary/aromatic N) is 4. The third-order valence-corrected chi connectivity index (χ3v) is 3.56. The first-order chi connectivity index (χ1) is 9.50. The highest BCUT2D eigenvalue weighted by molar-refractivity contribution is 7.12. The van der Waals surface area contributed by atoms with Crippen molar-refractivity contribution in [2.24, 2.45) is 0 Å². The van der Waals surface area contributed by atoms with E-state index < -0.39 is 5.97 Å². The van der Waals surface area contributed by atoms with Crippen molar-refractivity contribution in [2.75, 3.05) is 32.5 Å². The highest BCUT2D eigenvalue weighted by atomic mass is 32.1. The maximum absolute atomic E-state index is 11.2. The maximum Gasteiger partial charge on any atom is 0.354 e. The summed E-state index contributed by atoms with van der Waals surface area (Å²) in [4.78, 5) is 18.0. The zero-order valence-corrected chi connectivity index (χ0v) is 12.5. The molecule has 2 heterocycles. The number of aromatic nitrogens is 3. The van der Waals surface area contributed by atoms with Crippen LogP contribution in [0.1, 0.15) is 22.5 Å². The molecule has 0 saturated heterocycles. The number of anilines is 1. The number of carboxylic acids is 1. The Morgan fingerprint density at radius 2 is 2.20 bits per heavy atom. The normalized spacial score (nSPS) is 11.2. The molecule has 0 unspecified atom stereocenters. The van der Waals surface area contributed by atoms with Gasteiger partial charge in [-0.1, -0.05) is 4.49 Å². The Bertz CT molecular complexity index is 626. The number of hydrogen-bond donors (Lipinski definition) is 2. The van der Waals surface area contributed by atoms with Gasteiger partial charge in [-0.05, 0) is 34.0 Å². The van der Waals surface area contributed by atoms with Crippen molar-refractivity contribution in [3.8, 4) is 0 Å². The van der Waals surface area contributed by atoms with Crippen molar-refractivity contribution in [1.82, 2.24) is 19.5 Å². The molecule has 0 atom stereocenters. The first-order valence-electron chi connectivity index (χ1n) is 6.25. The molecule has 0 saturated carbocycles. The van der Waals surface area contributed by atoms with Crippen LogP contribution in [0.4, 0.5) is 5.69 Å². The number of aromatic carboxylic acids is 1. The third-order valence-electron chi connectivity index (χ3n) is 2.94. The van der Waals surface area contributed by atoms with Crippen LogP contribution < -0.4 is 5.32 Å². The van der Waals surface area contributed by atoms with E-state index >= 15 is 0 Å². The molecule has 0 aliphatic carbocycles. The Morgan fingerprint density at radius 3 is 2.85 bits per heavy atom. The Hall–Kier alpha value is -1.80. The standard InChI is InChI=1S/C12H17N5O2S/c1-7-8(13-5-4-6-17(2)3)10-11(20-16-15-10)14-9(7)12(18)19/h4-6H2,1-3H3,(H,13,14)(H,18,19). The van der Waals surface area contributed by atoms with E-state index in [2.05, 4.69) is 24.8 Å². The zero-order chi connectivity index (χ0) is 14.7. The maximum atomic E-state index is 11.2. The largest absolute Gasteiger partial charge is 0.477 e. The number of fused-ring (bicyclic) bond motifs is 1. The van der Waals surface area contributed by atoms with E-state index in [1.807, 2.05) is 14.1 Å². The average molecular weight is 295 g/mol. The quantitative estimate of drug-likeness (QED) is 0.779. The number of rotatable bonds is 6. The minimum Gasteiger partial charge on any atom is -0.477 e. The van der Waals surface area contributed by atoms with Crippen molar-refractivity contribution in [3.63, 3.8) is 0 Å². The highest BCUT2D eigenvalue weighted by Crippen LogP contribution is 2.28. The summed E-state index contributed by atoms with van der Waals surface area (Å²) in [6.45, 7) is 3.44. The molecule has 8 heteroatoms. The number of nitrogens with one attached hydrogen (secondary N) is 1. The molecule has 0 aliphatic rings. The van der Waals surface area contributed by atoms with Gasteiger partial charge >= 0.3 is 5.97 Å². The van der Waals surface area contributed by atoms with Gasteiger partial charge in [0.2, 0.25) is 0 Å². The van der Waals surface area contributed by atoms with Gasteiger partial charge in [-0.3, -0.25) is 0 Å². The van der Waals surface area contributed by atoms with E-state index in [0.29, 0.717) is 15.9 Å². The van der Waals surface area contributed by atoms with Gasteiger partial charge in [-0.2, -0.15) is 0 Å². The monoisotopic (exact) mass is 295 g/mol. The molecule has 0 radical (unpaired) electrons. The van der Waals surface area contributed by atoms with E-state index in [0.717, 1.165) is 36.7 Å². The minimum atomic E-state index is -1.03. The highest BCUT2D eigenvalue weighted by Gasteiger charge is 2.18. The molecule has 0 fully saturated rings. The SMILES string of the molecule is Cc1c(C(=O)O)nc2snnc2c1NCCCN(C)C. The molecule has 2 N–H and O–H groups in total. The molecular weight excluding hydrogens is 278 g/mol. The van der Waals surface area contributed by atoms with Gasteiger partial charge in [0.05, 0.1) is 5.69 Å². The van der Waals surface area contributed by atoms with Crippen molar-refractivity contribution in [3.05, 3.63) is 11.3 Å². The lowest BCUT2D eigenvalue weighted by atomic mass is 10.1. The fourth-order valence-corrected chi connectivity index (χ4v) is 2.49. The molecule has 2 aromatic rings. The number of carboxylic acid groups (broad SMARTS) is 1. The second kappa shape index (κ2) is 6.10. The van der Waals surface area contributed by atoms with Gasteiger partial charge in [0, 0.05) is 23.6 Å². The molecule has 0 bridgehead atoms. The van der Waals surface area contributed by atoms with Gasteiger partial charge in [0.1, 0.15) is 5.52 Å². The zero-order valence-electron chi connectivity index (χ0n) is 11.7. The number of hydrogen-bond acceptors (Lipinski definition) is 7. The topological polar surface area (TPSA) is 91.2 Å². The van der Waals surface area contributed by atoms with Crippen molar-refractivity contribution >= 4 is 33.5 Å². The fourth-order valence-electron chi connectivity index (χ4n) is 1.93. The van der Waals surface area contributed by atoms with E-state index in [1.54, 1.807) is 6.92 Å². The van der Waals surface area contributed by atoms with Gasteiger partial charge in [0.15, 0.2) is 10.5 Å². The summed E-state index contributed by atoms with van der Waals surface area (Å²) in [6, 6.07) is 0. The van der Waals surface area contributed by atoms with Gasteiger partial charge < -0.3 is 15.3 Å². The molecule has 0 aliphatic heterocycles. The van der Waals surface area contributed by atoms with Crippen LogP contribution >= 0.6 is 11.5 Å². The predicted octanol–water partition coefficient (Wildman–Crippen LogP) is 1.46. The molecule has 20 heavy (non-hydrogen) atoms. The molecule has 7 nitrogen and oxygen atoms in total. The predicted molar refractivity (Wildman–Crippen MR) is 78.6 cm³/mol. The summed E-state index contributed by atoms with van der Waals surface area (Å²) in [5, 5.41) is 16.5. The molecule has 0 aromatic carbocycles. The summed E-state index contributed by atoms with van der Waals surface area (Å²) in [5.41, 5.74) is 2.02. The van der Waals surface area contributed by atoms with Crippen LogP contribution in [-0.4, -0.2) is 57.7 Å². The smallest absolute Gasteiger partial charge is 0.354 e. The summed E-state index contributed by atoms with van der Waals surface area (Å²) < 4.78 is 3.85. The summed E-state index contributed by atoms with van der Waals surface area (Å²) in [6.07, 6.45) is 0.955. The summed E-state index contributed by atoms with van der Waals surface area (Å²) in [7, 11) is 4.03. The first-order valence-corrected chi connectivity index (χ1v) is 7.02. The van der Waals surface area contributed by atoms with Crippen LogP contribution in [0, 0.1) is 6.92 Å². The minimum absolute atomic E-state index is 0.0543. The average Bonchev–Trinajstić information content (AvgIpc) is 2.83. The molecular formula is C12H17N5O2S. The van der Waals surface area contributed by atoms with E-state index in [-0.39, 0.29) is 5.69 Å². The van der Waals surface area contributed by atoms with Gasteiger partial charge in [-0.25, -0.2) is 9.78 Å². The number of pyridine rings is 1. The lowest BCUT2D eigenvalue weighted by Crippen LogP contribution is -2.17. The van der Waals surface area contributed by atoms with Crippen molar-refractivity contribution < 1.29 is 9.90 Å². The molecule has 2 rings (SSSR count). The van der Waals surface area contributed by atoms with Crippen LogP contribution in [0.2, 0.25) is 0 Å². The van der Waals surface area contributed by atoms with Crippen LogP contribution in [0.5, 0.6) is 0 Å². The fraction of sp³-hybridized carbons (Fsp3) is 0.500. The second-order valence-electron chi connectivity index (χ2n) is 4.78. The Morgan fingerprint density at radius 1 is 1.45 bits per heavy atom. The lowest BCUT2D eigenvalue weighted by molar-refractivity contribution is 0.0690. The molecule has 0 amide bonds. The van der Waals surface area contributed by atoms with E-state index in [9.17, 15) is 9.90 Å².